The van der Waals surface area contributed by atoms with E-state index in [2.05, 4.69) is 38.3 Å². The van der Waals surface area contributed by atoms with Gasteiger partial charge in [0.15, 0.2) is 5.83 Å². The molecule has 0 amide bonds. The summed E-state index contributed by atoms with van der Waals surface area (Å²) in [5.41, 5.74) is -0.759. The van der Waals surface area contributed by atoms with Crippen LogP contribution in [0.3, 0.4) is 0 Å². The first-order chi connectivity index (χ1) is 15.0. The second kappa shape index (κ2) is 8.84. The maximum Gasteiger partial charge on any atom is 0.376 e. The number of rotatable bonds is 4. The Morgan fingerprint density at radius 1 is 0.818 bits per heavy atom. The smallest absolute Gasteiger partial charge is 0.376 e. The van der Waals surface area contributed by atoms with Crippen molar-refractivity contribution in [3.05, 3.63) is 11.6 Å². The van der Waals surface area contributed by atoms with Crippen LogP contribution in [0, 0.1) is 5.92 Å². The Bertz CT molecular complexity index is 786. The Labute approximate surface area is 197 Å². The van der Waals surface area contributed by atoms with Gasteiger partial charge in [-0.2, -0.15) is 0 Å². The molecule has 0 spiro atoms. The molecule has 0 bridgehead atoms. The molecule has 0 aromatic carbocycles. The summed E-state index contributed by atoms with van der Waals surface area (Å²) in [6, 6.07) is 0. The molecule has 3 aliphatic rings. The molecule has 3 rings (SSSR count). The number of piperidine rings is 2. The van der Waals surface area contributed by atoms with Crippen LogP contribution in [-0.2, 0) is 23.8 Å². The maximum atomic E-state index is 14.8. The largest absolute Gasteiger partial charge is 0.484 e. The summed E-state index contributed by atoms with van der Waals surface area (Å²) in [6.45, 7) is 16.4. The van der Waals surface area contributed by atoms with Gasteiger partial charge >= 0.3 is 11.9 Å². The number of ether oxygens (including phenoxy) is 3. The van der Waals surface area contributed by atoms with E-state index in [1.54, 1.807) is 0 Å². The van der Waals surface area contributed by atoms with Crippen molar-refractivity contribution in [3.8, 4) is 0 Å². The Morgan fingerprint density at radius 2 is 1.24 bits per heavy atom. The van der Waals surface area contributed by atoms with Crippen LogP contribution in [-0.4, -0.2) is 52.9 Å². The first-order valence-electron chi connectivity index (χ1n) is 12.0. The summed E-state index contributed by atoms with van der Waals surface area (Å²) in [6.07, 6.45) is 1.77. The summed E-state index contributed by atoms with van der Waals surface area (Å²) in [7, 11) is 0. The highest BCUT2D eigenvalue weighted by atomic mass is 19.1. The van der Waals surface area contributed by atoms with Crippen molar-refractivity contribution < 1.29 is 28.2 Å². The van der Waals surface area contributed by atoms with E-state index in [9.17, 15) is 14.0 Å². The van der Waals surface area contributed by atoms with Gasteiger partial charge in [-0.15, -0.1) is 0 Å². The zero-order valence-electron chi connectivity index (χ0n) is 21.4. The molecule has 2 fully saturated rings. The topological polar surface area (TPSA) is 85.9 Å². The molecule has 3 aliphatic heterocycles. The SMILES string of the molecule is CC1(C)CC(OC(=O)C2=C(F)CC(C(=O)OC3CC(C)(C)NC(C)(C)C3)CO2)CC(C)(C)N1. The van der Waals surface area contributed by atoms with Crippen molar-refractivity contribution in [2.45, 2.75) is 122 Å². The lowest BCUT2D eigenvalue weighted by Crippen LogP contribution is -2.60. The third kappa shape index (κ3) is 6.92. The molecular weight excluding hydrogens is 427 g/mol. The Morgan fingerprint density at radius 3 is 1.67 bits per heavy atom. The van der Waals surface area contributed by atoms with E-state index in [-0.39, 0.29) is 47.4 Å². The Hall–Kier alpha value is -1.67. The van der Waals surface area contributed by atoms with E-state index in [0.717, 1.165) is 0 Å². The standard InChI is InChI=1S/C25H41FN2O5/c1-22(2)10-16(11-23(3,4)27-22)32-20(29)15-9-18(26)19(31-14-15)21(30)33-17-12-24(5,6)28-25(7,8)13-17/h15-17,27-28H,9-14H2,1-8H3. The van der Waals surface area contributed by atoms with E-state index in [1.165, 1.54) is 0 Å². The quantitative estimate of drug-likeness (QED) is 0.605. The molecule has 1 atom stereocenters. The molecule has 7 nitrogen and oxygen atoms in total. The maximum absolute atomic E-state index is 14.8. The van der Waals surface area contributed by atoms with Gasteiger partial charge in [-0.3, -0.25) is 4.79 Å². The van der Waals surface area contributed by atoms with Crippen LogP contribution in [0.4, 0.5) is 4.39 Å². The first kappa shape index (κ1) is 25.9. The monoisotopic (exact) mass is 468 g/mol. The van der Waals surface area contributed by atoms with Gasteiger partial charge < -0.3 is 24.8 Å². The van der Waals surface area contributed by atoms with Crippen molar-refractivity contribution in [2.24, 2.45) is 5.92 Å². The van der Waals surface area contributed by atoms with Crippen LogP contribution in [0.5, 0.6) is 0 Å². The van der Waals surface area contributed by atoms with Gasteiger partial charge in [0.05, 0.1) is 5.92 Å². The number of allylic oxidation sites excluding steroid dienone is 1. The lowest BCUT2D eigenvalue weighted by molar-refractivity contribution is -0.164. The molecule has 3 heterocycles. The highest BCUT2D eigenvalue weighted by Crippen LogP contribution is 2.34. The van der Waals surface area contributed by atoms with Gasteiger partial charge in [0.2, 0.25) is 5.76 Å². The van der Waals surface area contributed by atoms with Crippen molar-refractivity contribution in [1.29, 1.82) is 0 Å². The lowest BCUT2D eigenvalue weighted by atomic mass is 9.81. The lowest BCUT2D eigenvalue weighted by Gasteiger charge is -2.46. The summed E-state index contributed by atoms with van der Waals surface area (Å²) < 4.78 is 31.6. The highest BCUT2D eigenvalue weighted by molar-refractivity contribution is 5.87. The molecule has 1 unspecified atom stereocenters. The molecule has 8 heteroatoms. The predicted molar refractivity (Wildman–Crippen MR) is 123 cm³/mol. The van der Waals surface area contributed by atoms with Gasteiger partial charge in [0.25, 0.3) is 0 Å². The van der Waals surface area contributed by atoms with Crippen LogP contribution >= 0.6 is 0 Å². The third-order valence-corrected chi connectivity index (χ3v) is 6.48. The van der Waals surface area contributed by atoms with Crippen molar-refractivity contribution >= 4 is 11.9 Å². The molecule has 0 aromatic rings. The first-order valence-corrected chi connectivity index (χ1v) is 12.0. The number of carbonyl (C=O) groups is 2. The molecule has 0 aromatic heterocycles. The minimum absolute atomic E-state index is 0.0996. The predicted octanol–water partition coefficient (Wildman–Crippen LogP) is 3.91. The van der Waals surface area contributed by atoms with Crippen LogP contribution in [0.25, 0.3) is 0 Å². The second-order valence-corrected chi connectivity index (χ2v) is 12.6. The molecule has 0 aliphatic carbocycles. The number of halogens is 1. The number of esters is 2. The van der Waals surface area contributed by atoms with Crippen molar-refractivity contribution in [2.75, 3.05) is 6.61 Å². The minimum Gasteiger partial charge on any atom is -0.484 e. The molecule has 0 radical (unpaired) electrons. The number of hydrogen-bond donors (Lipinski definition) is 2. The molecule has 33 heavy (non-hydrogen) atoms. The average Bonchev–Trinajstić information content (AvgIpc) is 2.55. The van der Waals surface area contributed by atoms with Gasteiger partial charge in [-0.05, 0) is 55.4 Å². The summed E-state index contributed by atoms with van der Waals surface area (Å²) in [4.78, 5) is 25.4. The van der Waals surface area contributed by atoms with Crippen molar-refractivity contribution in [3.63, 3.8) is 0 Å². The van der Waals surface area contributed by atoms with E-state index < -0.39 is 29.4 Å². The van der Waals surface area contributed by atoms with Gasteiger partial charge in [0.1, 0.15) is 18.8 Å². The average molecular weight is 469 g/mol. The number of carbonyl (C=O) groups excluding carboxylic acids is 2. The Balaban J connectivity index is 1.58. The van der Waals surface area contributed by atoms with E-state index >= 15 is 0 Å². The Kier molecular flexibility index (Phi) is 6.95. The van der Waals surface area contributed by atoms with Crippen LogP contribution < -0.4 is 10.6 Å². The second-order valence-electron chi connectivity index (χ2n) is 12.6. The fraction of sp³-hybridized carbons (Fsp3) is 0.840. The molecule has 2 saturated heterocycles. The van der Waals surface area contributed by atoms with E-state index in [4.69, 9.17) is 14.2 Å². The van der Waals surface area contributed by atoms with Gasteiger partial charge in [-0.1, -0.05) is 0 Å². The fourth-order valence-corrected chi connectivity index (χ4v) is 6.04. The van der Waals surface area contributed by atoms with Crippen LogP contribution in [0.1, 0.15) is 87.5 Å². The van der Waals surface area contributed by atoms with E-state index in [0.29, 0.717) is 25.7 Å². The number of nitrogens with one attached hydrogen (secondary N) is 2. The minimum atomic E-state index is -0.806. The van der Waals surface area contributed by atoms with Crippen LogP contribution in [0.2, 0.25) is 0 Å². The molecular formula is C25H41FN2O5. The zero-order chi connectivity index (χ0) is 24.8. The summed E-state index contributed by atoms with van der Waals surface area (Å²) >= 11 is 0. The molecule has 0 saturated carbocycles. The highest BCUT2D eigenvalue weighted by Gasteiger charge is 2.43. The molecule has 2 N–H and O–H groups in total. The zero-order valence-corrected chi connectivity index (χ0v) is 21.4. The normalized spacial score (nSPS) is 29.2. The summed E-state index contributed by atoms with van der Waals surface area (Å²) in [5, 5.41) is 7.07. The van der Waals surface area contributed by atoms with Gasteiger partial charge in [0, 0.05) is 54.3 Å². The fourth-order valence-electron chi connectivity index (χ4n) is 6.04. The third-order valence-electron chi connectivity index (χ3n) is 6.48. The summed E-state index contributed by atoms with van der Waals surface area (Å²) in [5.74, 6) is -3.25. The van der Waals surface area contributed by atoms with Crippen LogP contribution in [0.15, 0.2) is 11.6 Å². The van der Waals surface area contributed by atoms with Crippen molar-refractivity contribution in [1.82, 2.24) is 10.6 Å². The molecule has 188 valence electrons. The van der Waals surface area contributed by atoms with Gasteiger partial charge in [-0.25, -0.2) is 9.18 Å². The number of hydrogen-bond acceptors (Lipinski definition) is 7. The van der Waals surface area contributed by atoms with E-state index in [1.807, 2.05) is 27.7 Å².